The van der Waals surface area contributed by atoms with Gasteiger partial charge in [-0.25, -0.2) is 0 Å². The molecule has 27 heavy (non-hydrogen) atoms. The number of ether oxygens (including phenoxy) is 2. The highest BCUT2D eigenvalue weighted by Crippen LogP contribution is 2.42. The van der Waals surface area contributed by atoms with E-state index in [0.29, 0.717) is 13.1 Å². The number of hydrogen-bond donors (Lipinski definition) is 1. The van der Waals surface area contributed by atoms with Gasteiger partial charge in [0.15, 0.2) is 0 Å². The number of carbonyl (C=O) groups is 1. The summed E-state index contributed by atoms with van der Waals surface area (Å²) in [6.45, 7) is 6.90. The van der Waals surface area contributed by atoms with Crippen molar-refractivity contribution in [2.75, 3.05) is 26.1 Å². The molecule has 1 unspecified atom stereocenters. The molecule has 6 heteroatoms. The zero-order valence-electron chi connectivity index (χ0n) is 15.7. The fraction of sp³-hybridized carbons (Fsp3) is 0.286. The van der Waals surface area contributed by atoms with E-state index >= 15 is 0 Å². The van der Waals surface area contributed by atoms with Crippen LogP contribution in [0.5, 0.6) is 11.5 Å². The molecule has 0 spiro atoms. The highest BCUT2D eigenvalue weighted by Gasteiger charge is 2.47. The van der Waals surface area contributed by atoms with Crippen LogP contribution in [0.15, 0.2) is 53.5 Å². The fourth-order valence-corrected chi connectivity index (χ4v) is 3.83. The van der Waals surface area contributed by atoms with Crippen LogP contribution in [-0.2, 0) is 16.9 Å². The van der Waals surface area contributed by atoms with Crippen molar-refractivity contribution in [3.8, 4) is 11.5 Å². The van der Waals surface area contributed by atoms with Gasteiger partial charge in [0.1, 0.15) is 17.0 Å². The third-order valence-electron chi connectivity index (χ3n) is 5.03. The third-order valence-corrected chi connectivity index (χ3v) is 5.53. The predicted octanol–water partition coefficient (Wildman–Crippen LogP) is 4.32. The van der Waals surface area contributed by atoms with Crippen molar-refractivity contribution >= 4 is 27.5 Å². The lowest BCUT2D eigenvalue weighted by Gasteiger charge is -2.36. The van der Waals surface area contributed by atoms with Crippen LogP contribution < -0.4 is 14.8 Å². The average Bonchev–Trinajstić information content (AvgIpc) is 2.92. The van der Waals surface area contributed by atoms with Crippen LogP contribution >= 0.6 is 15.9 Å². The Kier molecular flexibility index (Phi) is 5.58. The molecule has 1 N–H and O–H groups in total. The second-order valence-electron chi connectivity index (χ2n) is 6.56. The van der Waals surface area contributed by atoms with Gasteiger partial charge in [-0.2, -0.15) is 0 Å². The molecule has 3 rings (SSSR count). The second-order valence-corrected chi connectivity index (χ2v) is 7.48. The van der Waals surface area contributed by atoms with Crippen LogP contribution in [0.2, 0.25) is 0 Å². The molecule has 0 aliphatic carbocycles. The maximum absolute atomic E-state index is 13.0. The van der Waals surface area contributed by atoms with Gasteiger partial charge in [0, 0.05) is 40.4 Å². The third kappa shape index (κ3) is 3.47. The number of methoxy groups -OCH3 is 2. The van der Waals surface area contributed by atoms with Gasteiger partial charge in [0.2, 0.25) is 5.91 Å². The Bertz CT molecular complexity index is 884. The molecule has 2 aromatic carbocycles. The molecule has 1 aliphatic heterocycles. The Morgan fingerprint density at radius 1 is 1.22 bits per heavy atom. The summed E-state index contributed by atoms with van der Waals surface area (Å²) in [5.74, 6) is 1.40. The standard InChI is InChI=1S/C21H23BrN2O3/c1-5-10-24(13-14-6-8-16(26-3)12-19(14)27-4)21(2)17-9-7-15(22)11-18(17)23-20(21)25/h5-9,11-12H,1,10,13H2,2-4H3,(H,23,25). The topological polar surface area (TPSA) is 50.8 Å². The van der Waals surface area contributed by atoms with E-state index in [1.54, 1.807) is 14.2 Å². The first kappa shape index (κ1) is 19.5. The van der Waals surface area contributed by atoms with Crippen LogP contribution in [0.1, 0.15) is 18.1 Å². The molecule has 5 nitrogen and oxygen atoms in total. The first-order valence-electron chi connectivity index (χ1n) is 8.62. The van der Waals surface area contributed by atoms with Gasteiger partial charge in [-0.3, -0.25) is 9.69 Å². The zero-order chi connectivity index (χ0) is 19.6. The summed E-state index contributed by atoms with van der Waals surface area (Å²) in [4.78, 5) is 15.1. The number of amides is 1. The Morgan fingerprint density at radius 2 is 2.00 bits per heavy atom. The molecular weight excluding hydrogens is 408 g/mol. The number of benzene rings is 2. The van der Waals surface area contributed by atoms with Crippen LogP contribution in [0.3, 0.4) is 0 Å². The number of rotatable bonds is 7. The van der Waals surface area contributed by atoms with Gasteiger partial charge >= 0.3 is 0 Å². The number of anilines is 1. The molecule has 1 amide bonds. The molecular formula is C21H23BrN2O3. The lowest BCUT2D eigenvalue weighted by atomic mass is 9.90. The van der Waals surface area contributed by atoms with Crippen molar-refractivity contribution in [3.05, 3.63) is 64.7 Å². The van der Waals surface area contributed by atoms with Crippen molar-refractivity contribution in [2.45, 2.75) is 19.0 Å². The molecule has 0 fully saturated rings. The predicted molar refractivity (Wildman–Crippen MR) is 110 cm³/mol. The van der Waals surface area contributed by atoms with Crippen molar-refractivity contribution in [3.63, 3.8) is 0 Å². The van der Waals surface area contributed by atoms with Crippen LogP contribution in [0.4, 0.5) is 5.69 Å². The maximum Gasteiger partial charge on any atom is 0.249 e. The first-order valence-corrected chi connectivity index (χ1v) is 9.41. The minimum atomic E-state index is -0.810. The summed E-state index contributed by atoms with van der Waals surface area (Å²) < 4.78 is 11.7. The summed E-state index contributed by atoms with van der Waals surface area (Å²) in [6.07, 6.45) is 1.81. The SMILES string of the molecule is C=CCN(Cc1ccc(OC)cc1OC)C1(C)C(=O)Nc2cc(Br)ccc21. The van der Waals surface area contributed by atoms with Crippen molar-refractivity contribution in [1.29, 1.82) is 0 Å². The Labute approximate surface area is 168 Å². The Hall–Kier alpha value is -2.31. The second kappa shape index (κ2) is 7.74. The smallest absolute Gasteiger partial charge is 0.249 e. The lowest BCUT2D eigenvalue weighted by Crippen LogP contribution is -2.48. The van der Waals surface area contributed by atoms with Crippen LogP contribution in [-0.4, -0.2) is 31.6 Å². The van der Waals surface area contributed by atoms with E-state index in [9.17, 15) is 4.79 Å². The molecule has 2 aromatic rings. The molecule has 1 heterocycles. The van der Waals surface area contributed by atoms with Crippen molar-refractivity contribution in [2.24, 2.45) is 0 Å². The molecule has 1 atom stereocenters. The van der Waals surface area contributed by atoms with Crippen molar-refractivity contribution in [1.82, 2.24) is 4.90 Å². The summed E-state index contributed by atoms with van der Waals surface area (Å²) in [5.41, 5.74) is 1.94. The molecule has 0 aromatic heterocycles. The minimum absolute atomic E-state index is 0.0510. The van der Waals surface area contributed by atoms with E-state index in [1.807, 2.05) is 49.4 Å². The molecule has 142 valence electrons. The van der Waals surface area contributed by atoms with Crippen molar-refractivity contribution < 1.29 is 14.3 Å². The highest BCUT2D eigenvalue weighted by atomic mass is 79.9. The zero-order valence-corrected chi connectivity index (χ0v) is 17.3. The number of halogens is 1. The quantitative estimate of drug-likeness (QED) is 0.664. The summed E-state index contributed by atoms with van der Waals surface area (Å²) in [5, 5.41) is 3.00. The molecule has 0 saturated heterocycles. The number of nitrogens with one attached hydrogen (secondary N) is 1. The van der Waals surface area contributed by atoms with E-state index in [1.165, 1.54) is 0 Å². The molecule has 0 radical (unpaired) electrons. The number of carbonyl (C=O) groups excluding carboxylic acids is 1. The van der Waals surface area contributed by atoms with E-state index in [-0.39, 0.29) is 5.91 Å². The minimum Gasteiger partial charge on any atom is -0.497 e. The summed E-state index contributed by atoms with van der Waals surface area (Å²) in [7, 11) is 3.25. The van der Waals surface area contributed by atoms with Crippen LogP contribution in [0, 0.1) is 0 Å². The van der Waals surface area contributed by atoms with E-state index in [4.69, 9.17) is 9.47 Å². The summed E-state index contributed by atoms with van der Waals surface area (Å²) in [6, 6.07) is 11.6. The average molecular weight is 431 g/mol. The molecule has 0 saturated carbocycles. The van der Waals surface area contributed by atoms with Gasteiger partial charge in [0.05, 0.1) is 14.2 Å². The number of fused-ring (bicyclic) bond motifs is 1. The maximum atomic E-state index is 13.0. The van der Waals surface area contributed by atoms with E-state index in [0.717, 1.165) is 32.8 Å². The normalized spacial score (nSPS) is 18.2. The number of hydrogen-bond acceptors (Lipinski definition) is 4. The molecule has 0 bridgehead atoms. The molecule has 1 aliphatic rings. The van der Waals surface area contributed by atoms with Gasteiger partial charge in [-0.15, -0.1) is 6.58 Å². The Morgan fingerprint density at radius 3 is 2.67 bits per heavy atom. The fourth-order valence-electron chi connectivity index (χ4n) is 3.47. The van der Waals surface area contributed by atoms with Crippen LogP contribution in [0.25, 0.3) is 0 Å². The van der Waals surface area contributed by atoms with Gasteiger partial charge in [0.25, 0.3) is 0 Å². The Balaban J connectivity index is 2.02. The lowest BCUT2D eigenvalue weighted by molar-refractivity contribution is -0.126. The monoisotopic (exact) mass is 430 g/mol. The van der Waals surface area contributed by atoms with E-state index < -0.39 is 5.54 Å². The van der Waals surface area contributed by atoms with Gasteiger partial charge in [-0.1, -0.05) is 34.1 Å². The summed E-state index contributed by atoms with van der Waals surface area (Å²) >= 11 is 3.47. The first-order chi connectivity index (χ1) is 12.9. The van der Waals surface area contributed by atoms with E-state index in [2.05, 4.69) is 32.7 Å². The highest BCUT2D eigenvalue weighted by molar-refractivity contribution is 9.10. The van der Waals surface area contributed by atoms with Gasteiger partial charge < -0.3 is 14.8 Å². The van der Waals surface area contributed by atoms with Gasteiger partial charge in [-0.05, 0) is 25.1 Å². The number of nitrogens with zero attached hydrogens (tertiary/aromatic N) is 1. The largest absolute Gasteiger partial charge is 0.497 e.